The summed E-state index contributed by atoms with van der Waals surface area (Å²) in [6.45, 7) is 2.10. The summed E-state index contributed by atoms with van der Waals surface area (Å²) in [5, 5.41) is 11.7. The van der Waals surface area contributed by atoms with E-state index in [9.17, 15) is 5.11 Å². The smallest absolute Gasteiger partial charge is 0.0636 e. The zero-order valence-corrected chi connectivity index (χ0v) is 15.0. The van der Waals surface area contributed by atoms with Crippen LogP contribution in [0, 0.1) is 11.8 Å². The van der Waals surface area contributed by atoms with Crippen molar-refractivity contribution in [1.29, 1.82) is 0 Å². The molecule has 1 aromatic rings. The summed E-state index contributed by atoms with van der Waals surface area (Å²) in [5.74, 6) is 1.02. The van der Waals surface area contributed by atoms with Crippen molar-refractivity contribution in [2.24, 2.45) is 11.8 Å². The maximum atomic E-state index is 10.5. The first-order valence-corrected chi connectivity index (χ1v) is 8.95. The van der Waals surface area contributed by atoms with Crippen LogP contribution in [-0.2, 0) is 4.84 Å². The van der Waals surface area contributed by atoms with Crippen molar-refractivity contribution in [3.8, 4) is 0 Å². The Bertz CT molecular complexity index is 617. The Kier molecular flexibility index (Phi) is 5.22. The molecule has 0 aromatic heterocycles. The van der Waals surface area contributed by atoms with E-state index < -0.39 is 0 Å². The molecule has 0 radical (unpaired) electrons. The van der Waals surface area contributed by atoms with Crippen molar-refractivity contribution in [1.82, 2.24) is 5.48 Å². The maximum Gasteiger partial charge on any atom is 0.0636 e. The first-order valence-electron chi connectivity index (χ1n) is 8.20. The van der Waals surface area contributed by atoms with Crippen LogP contribution in [-0.4, -0.2) is 18.3 Å². The van der Waals surface area contributed by atoms with Crippen LogP contribution in [0.1, 0.15) is 44.1 Å². The third kappa shape index (κ3) is 3.25. The molecule has 4 atom stereocenters. The van der Waals surface area contributed by atoms with E-state index in [-0.39, 0.29) is 17.9 Å². The fourth-order valence-electron chi connectivity index (χ4n) is 4.30. The SMILES string of the molecule is CCC(NOC)=C1[C@@H](c2ccc(Cl)c(Cl)c2)CC2CC(O)[C@H]1C2. The number of fused-ring (bicyclic) bond motifs is 2. The first-order chi connectivity index (χ1) is 11.0. The summed E-state index contributed by atoms with van der Waals surface area (Å²) in [5.41, 5.74) is 6.56. The molecule has 0 heterocycles. The van der Waals surface area contributed by atoms with Gasteiger partial charge in [-0.25, -0.2) is 0 Å². The number of benzene rings is 1. The highest BCUT2D eigenvalue weighted by Crippen LogP contribution is 2.53. The van der Waals surface area contributed by atoms with E-state index in [0.717, 1.165) is 31.4 Å². The Morgan fingerprint density at radius 2 is 2.04 bits per heavy atom. The van der Waals surface area contributed by atoms with Crippen LogP contribution >= 0.6 is 23.2 Å². The summed E-state index contributed by atoms with van der Waals surface area (Å²) in [6.07, 6.45) is 3.56. The zero-order valence-electron chi connectivity index (χ0n) is 13.5. The highest BCUT2D eigenvalue weighted by Gasteiger charge is 2.45. The molecule has 2 aliphatic carbocycles. The molecule has 0 aliphatic heterocycles. The molecule has 23 heavy (non-hydrogen) atoms. The minimum Gasteiger partial charge on any atom is -0.392 e. The Balaban J connectivity index is 2.06. The van der Waals surface area contributed by atoms with Crippen molar-refractivity contribution in [3.63, 3.8) is 0 Å². The van der Waals surface area contributed by atoms with Crippen LogP contribution in [0.25, 0.3) is 0 Å². The molecule has 3 rings (SSSR count). The fourth-order valence-corrected chi connectivity index (χ4v) is 4.61. The summed E-state index contributed by atoms with van der Waals surface area (Å²) in [7, 11) is 1.63. The van der Waals surface area contributed by atoms with E-state index in [0.29, 0.717) is 16.0 Å². The van der Waals surface area contributed by atoms with Gasteiger partial charge in [0.1, 0.15) is 0 Å². The standard InChI is InChI=1S/C18H23Cl2NO2/c1-3-16(21-23-2)18-12(6-10-7-13(18)17(22)8-10)11-4-5-14(19)15(20)9-11/h4-5,9-10,12-13,17,21-22H,3,6-8H2,1-2H3/t10?,12-,13-,17?/m1/s1. The molecule has 2 aliphatic rings. The van der Waals surface area contributed by atoms with Gasteiger partial charge >= 0.3 is 0 Å². The summed E-state index contributed by atoms with van der Waals surface area (Å²) in [4.78, 5) is 5.18. The Hall–Kier alpha value is -0.740. The number of aliphatic hydroxyl groups is 1. The average molecular weight is 356 g/mol. The minimum absolute atomic E-state index is 0.200. The van der Waals surface area contributed by atoms with Crippen LogP contribution in [0.15, 0.2) is 29.5 Å². The predicted octanol–water partition coefficient (Wildman–Crippen LogP) is 4.68. The highest BCUT2D eigenvalue weighted by atomic mass is 35.5. The molecule has 0 amide bonds. The van der Waals surface area contributed by atoms with Gasteiger partial charge in [0.05, 0.1) is 23.3 Å². The van der Waals surface area contributed by atoms with Gasteiger partial charge in [0.15, 0.2) is 0 Å². The molecule has 0 saturated heterocycles. The average Bonchev–Trinajstić information content (AvgIpc) is 2.83. The van der Waals surface area contributed by atoms with E-state index in [1.54, 1.807) is 7.11 Å². The number of rotatable bonds is 4. The summed E-state index contributed by atoms with van der Waals surface area (Å²) >= 11 is 12.3. The predicted molar refractivity (Wildman–Crippen MR) is 93.5 cm³/mol. The van der Waals surface area contributed by atoms with Gasteiger partial charge in [-0.3, -0.25) is 10.3 Å². The number of halogens is 2. The lowest BCUT2D eigenvalue weighted by Gasteiger charge is -2.34. The van der Waals surface area contributed by atoms with Gasteiger partial charge in [0.25, 0.3) is 0 Å². The number of allylic oxidation sites excluding steroid dienone is 1. The van der Waals surface area contributed by atoms with E-state index in [1.807, 2.05) is 12.1 Å². The molecular formula is C18H23Cl2NO2. The van der Waals surface area contributed by atoms with Gasteiger partial charge in [-0.1, -0.05) is 36.2 Å². The van der Waals surface area contributed by atoms with E-state index in [1.165, 1.54) is 11.1 Å². The van der Waals surface area contributed by atoms with Crippen molar-refractivity contribution in [2.45, 2.75) is 44.6 Å². The molecule has 2 fully saturated rings. The molecule has 0 spiro atoms. The second-order valence-electron chi connectivity index (χ2n) is 6.57. The van der Waals surface area contributed by atoms with Crippen molar-refractivity contribution in [2.75, 3.05) is 7.11 Å². The molecule has 2 bridgehead atoms. The van der Waals surface area contributed by atoms with Gasteiger partial charge in [0.2, 0.25) is 0 Å². The Morgan fingerprint density at radius 1 is 1.26 bits per heavy atom. The molecule has 5 heteroatoms. The number of hydroxylamine groups is 1. The van der Waals surface area contributed by atoms with Gasteiger partial charge in [-0.2, -0.15) is 0 Å². The van der Waals surface area contributed by atoms with Gasteiger partial charge in [-0.05, 0) is 54.9 Å². The van der Waals surface area contributed by atoms with Gasteiger partial charge in [-0.15, -0.1) is 0 Å². The molecular weight excluding hydrogens is 333 g/mol. The quantitative estimate of drug-likeness (QED) is 0.770. The first kappa shape index (κ1) is 17.1. The van der Waals surface area contributed by atoms with Crippen molar-refractivity contribution >= 4 is 23.2 Å². The largest absolute Gasteiger partial charge is 0.392 e. The van der Waals surface area contributed by atoms with Crippen LogP contribution in [0.2, 0.25) is 10.0 Å². The molecule has 1 aromatic carbocycles. The monoisotopic (exact) mass is 355 g/mol. The molecule has 3 nitrogen and oxygen atoms in total. The topological polar surface area (TPSA) is 41.5 Å². The Morgan fingerprint density at radius 3 is 2.70 bits per heavy atom. The van der Waals surface area contributed by atoms with Crippen molar-refractivity contribution < 1.29 is 9.94 Å². The van der Waals surface area contributed by atoms with Crippen LogP contribution in [0.3, 0.4) is 0 Å². The fraction of sp³-hybridized carbons (Fsp3) is 0.556. The van der Waals surface area contributed by atoms with Crippen LogP contribution in [0.5, 0.6) is 0 Å². The molecule has 2 saturated carbocycles. The van der Waals surface area contributed by atoms with Gasteiger partial charge < -0.3 is 5.11 Å². The molecule has 126 valence electrons. The summed E-state index contributed by atoms with van der Waals surface area (Å²) in [6, 6.07) is 5.88. The Labute approximate surface area is 147 Å². The minimum atomic E-state index is -0.261. The summed E-state index contributed by atoms with van der Waals surface area (Å²) < 4.78 is 0. The lowest BCUT2D eigenvalue weighted by atomic mass is 9.72. The molecule has 2 N–H and O–H groups in total. The van der Waals surface area contributed by atoms with E-state index in [4.69, 9.17) is 28.0 Å². The van der Waals surface area contributed by atoms with Crippen LogP contribution < -0.4 is 5.48 Å². The maximum absolute atomic E-state index is 10.5. The van der Waals surface area contributed by atoms with E-state index in [2.05, 4.69) is 18.5 Å². The number of aliphatic hydroxyl groups excluding tert-OH is 1. The van der Waals surface area contributed by atoms with Crippen LogP contribution in [0.4, 0.5) is 0 Å². The number of hydrogen-bond donors (Lipinski definition) is 2. The lowest BCUT2D eigenvalue weighted by Crippen LogP contribution is -2.27. The van der Waals surface area contributed by atoms with Gasteiger partial charge in [0, 0.05) is 17.5 Å². The third-order valence-electron chi connectivity index (χ3n) is 5.24. The van der Waals surface area contributed by atoms with Crippen molar-refractivity contribution in [3.05, 3.63) is 45.1 Å². The van der Waals surface area contributed by atoms with E-state index >= 15 is 0 Å². The lowest BCUT2D eigenvalue weighted by molar-refractivity contribution is 0.108. The highest BCUT2D eigenvalue weighted by molar-refractivity contribution is 6.42. The second kappa shape index (κ2) is 7.02. The molecule has 2 unspecified atom stereocenters. The normalized spacial score (nSPS) is 32.0. The second-order valence-corrected chi connectivity index (χ2v) is 7.38. The number of hydrogen-bond acceptors (Lipinski definition) is 3. The number of nitrogens with one attached hydrogen (secondary N) is 1. The zero-order chi connectivity index (χ0) is 16.6. The third-order valence-corrected chi connectivity index (χ3v) is 5.98.